The van der Waals surface area contributed by atoms with Gasteiger partial charge in [0.25, 0.3) is 0 Å². The highest BCUT2D eigenvalue weighted by Gasteiger charge is 2.20. The van der Waals surface area contributed by atoms with Crippen molar-refractivity contribution in [3.05, 3.63) is 52.4 Å². The average Bonchev–Trinajstić information content (AvgIpc) is 2.39. The van der Waals surface area contributed by atoms with Crippen molar-refractivity contribution >= 4 is 17.4 Å². The van der Waals surface area contributed by atoms with E-state index in [2.05, 4.69) is 9.97 Å². The lowest BCUT2D eigenvalue weighted by atomic mass is 9.99. The highest BCUT2D eigenvalue weighted by Crippen LogP contribution is 2.25. The van der Waals surface area contributed by atoms with Gasteiger partial charge >= 0.3 is 0 Å². The van der Waals surface area contributed by atoms with Gasteiger partial charge in [-0.15, -0.1) is 0 Å². The van der Waals surface area contributed by atoms with E-state index in [0.717, 1.165) is 11.1 Å². The molecule has 0 bridgehead atoms. The molecule has 0 radical (unpaired) electrons. The van der Waals surface area contributed by atoms with Crippen molar-refractivity contribution in [3.63, 3.8) is 0 Å². The summed E-state index contributed by atoms with van der Waals surface area (Å²) < 4.78 is 26.4. The van der Waals surface area contributed by atoms with E-state index in [1.807, 2.05) is 4.90 Å². The third-order valence-electron chi connectivity index (χ3n) is 3.19. The third kappa shape index (κ3) is 2.38. The summed E-state index contributed by atoms with van der Waals surface area (Å²) in [5.74, 6) is -0.922. The quantitative estimate of drug-likeness (QED) is 0.753. The molecule has 6 heteroatoms. The van der Waals surface area contributed by atoms with Crippen LogP contribution in [0.2, 0.25) is 5.28 Å². The van der Waals surface area contributed by atoms with Crippen molar-refractivity contribution in [1.29, 1.82) is 0 Å². The number of nitrogens with zero attached hydrogens (tertiary/aromatic N) is 3. The highest BCUT2D eigenvalue weighted by atomic mass is 35.5. The maximum atomic E-state index is 13.3. The molecule has 0 atom stereocenters. The minimum atomic E-state index is -0.818. The maximum Gasteiger partial charge on any atom is 0.224 e. The molecule has 0 aliphatic carbocycles. The Hall–Kier alpha value is -1.75. The van der Waals surface area contributed by atoms with Gasteiger partial charge in [0.1, 0.15) is 5.82 Å². The van der Waals surface area contributed by atoms with Gasteiger partial charge in [-0.1, -0.05) is 0 Å². The first-order chi connectivity index (χ1) is 9.13. The number of hydrogen-bond acceptors (Lipinski definition) is 3. The lowest BCUT2D eigenvalue weighted by Gasteiger charge is -2.29. The summed E-state index contributed by atoms with van der Waals surface area (Å²) in [5.41, 5.74) is 1.62. The molecule has 0 N–H and O–H groups in total. The van der Waals surface area contributed by atoms with Gasteiger partial charge < -0.3 is 4.90 Å². The number of anilines is 1. The number of halogens is 3. The van der Waals surface area contributed by atoms with Gasteiger partial charge in [-0.05, 0) is 47.3 Å². The number of aromatic nitrogens is 2. The highest BCUT2D eigenvalue weighted by molar-refractivity contribution is 6.28. The van der Waals surface area contributed by atoms with Crippen molar-refractivity contribution in [2.45, 2.75) is 13.0 Å². The van der Waals surface area contributed by atoms with Gasteiger partial charge in [0.15, 0.2) is 11.6 Å². The smallest absolute Gasteiger partial charge is 0.224 e. The summed E-state index contributed by atoms with van der Waals surface area (Å²) >= 11 is 5.75. The number of hydrogen-bond donors (Lipinski definition) is 0. The Kier molecular flexibility index (Phi) is 3.06. The molecule has 2 heterocycles. The molecule has 0 spiro atoms. The van der Waals surface area contributed by atoms with Crippen molar-refractivity contribution in [2.24, 2.45) is 0 Å². The molecule has 1 aliphatic rings. The molecule has 0 saturated heterocycles. The van der Waals surface area contributed by atoms with Gasteiger partial charge in [0, 0.05) is 19.3 Å². The van der Waals surface area contributed by atoms with Gasteiger partial charge in [-0.2, -0.15) is 0 Å². The van der Waals surface area contributed by atoms with Crippen LogP contribution in [0.1, 0.15) is 11.1 Å². The van der Waals surface area contributed by atoms with Crippen molar-refractivity contribution in [2.75, 3.05) is 11.4 Å². The second kappa shape index (κ2) is 4.74. The van der Waals surface area contributed by atoms with Crippen LogP contribution in [0.3, 0.4) is 0 Å². The van der Waals surface area contributed by atoms with E-state index in [4.69, 9.17) is 11.6 Å². The summed E-state index contributed by atoms with van der Waals surface area (Å²) in [6.07, 6.45) is 2.22. The van der Waals surface area contributed by atoms with Crippen molar-refractivity contribution in [3.8, 4) is 0 Å². The van der Waals surface area contributed by atoms with E-state index in [-0.39, 0.29) is 5.28 Å². The Balaban J connectivity index is 1.92. The molecule has 0 fully saturated rings. The number of rotatable bonds is 1. The molecule has 0 unspecified atom stereocenters. The summed E-state index contributed by atoms with van der Waals surface area (Å²) in [6, 6.07) is 4.27. The van der Waals surface area contributed by atoms with Crippen LogP contribution in [-0.4, -0.2) is 16.5 Å². The van der Waals surface area contributed by atoms with Crippen LogP contribution in [-0.2, 0) is 13.0 Å². The molecule has 0 saturated carbocycles. The van der Waals surface area contributed by atoms with Crippen LogP contribution in [0, 0.1) is 11.6 Å². The summed E-state index contributed by atoms with van der Waals surface area (Å²) in [5, 5.41) is 0.175. The van der Waals surface area contributed by atoms with Gasteiger partial charge in [-0.3, -0.25) is 0 Å². The normalized spacial score (nSPS) is 14.4. The van der Waals surface area contributed by atoms with E-state index in [1.165, 1.54) is 12.1 Å². The maximum absolute atomic E-state index is 13.3. The molecular weight excluding hydrogens is 272 g/mol. The fourth-order valence-corrected chi connectivity index (χ4v) is 2.39. The second-order valence-electron chi connectivity index (χ2n) is 4.39. The molecule has 3 nitrogen and oxygen atoms in total. The molecular formula is C13H10ClF2N3. The monoisotopic (exact) mass is 281 g/mol. The predicted octanol–water partition coefficient (Wildman–Crippen LogP) is 2.97. The van der Waals surface area contributed by atoms with Gasteiger partial charge in [0.05, 0.1) is 0 Å². The largest absolute Gasteiger partial charge is 0.352 e. The standard InChI is InChI=1S/C13H10ClF2N3/c14-13-17-3-1-12(18-13)19-4-2-8-5-10(15)11(16)6-9(8)7-19/h1,3,5-6H,2,4,7H2. The van der Waals surface area contributed by atoms with E-state index in [9.17, 15) is 8.78 Å². The first kappa shape index (κ1) is 12.3. The fourth-order valence-electron chi connectivity index (χ4n) is 2.25. The van der Waals surface area contributed by atoms with E-state index >= 15 is 0 Å². The van der Waals surface area contributed by atoms with Crippen LogP contribution >= 0.6 is 11.6 Å². The zero-order valence-corrected chi connectivity index (χ0v) is 10.7. The average molecular weight is 282 g/mol. The molecule has 98 valence electrons. The molecule has 19 heavy (non-hydrogen) atoms. The zero-order chi connectivity index (χ0) is 13.4. The predicted molar refractivity (Wildman–Crippen MR) is 68.2 cm³/mol. The zero-order valence-electron chi connectivity index (χ0n) is 9.91. The minimum absolute atomic E-state index is 0.175. The Labute approximate surface area is 113 Å². The lowest BCUT2D eigenvalue weighted by molar-refractivity contribution is 0.503. The molecule has 1 aromatic carbocycles. The first-order valence-electron chi connectivity index (χ1n) is 5.84. The second-order valence-corrected chi connectivity index (χ2v) is 4.73. The Morgan fingerprint density at radius 3 is 2.63 bits per heavy atom. The summed E-state index contributed by atoms with van der Waals surface area (Å²) in [6.45, 7) is 1.17. The van der Waals surface area contributed by atoms with E-state index in [1.54, 1.807) is 12.3 Å². The Morgan fingerprint density at radius 2 is 1.89 bits per heavy atom. The third-order valence-corrected chi connectivity index (χ3v) is 3.37. The number of benzene rings is 1. The SMILES string of the molecule is Fc1cc2c(cc1F)CN(c1ccnc(Cl)n1)CC2. The molecule has 2 aromatic rings. The van der Waals surface area contributed by atoms with Crippen molar-refractivity contribution < 1.29 is 8.78 Å². The first-order valence-corrected chi connectivity index (χ1v) is 6.21. The van der Waals surface area contributed by atoms with Crippen LogP contribution in [0.5, 0.6) is 0 Å². The van der Waals surface area contributed by atoms with Crippen LogP contribution in [0.25, 0.3) is 0 Å². The van der Waals surface area contributed by atoms with Gasteiger partial charge in [0.2, 0.25) is 5.28 Å². The molecule has 0 amide bonds. The van der Waals surface area contributed by atoms with Crippen molar-refractivity contribution in [1.82, 2.24) is 9.97 Å². The topological polar surface area (TPSA) is 29.0 Å². The molecule has 1 aromatic heterocycles. The Bertz CT molecular complexity index is 633. The molecule has 3 rings (SSSR count). The number of fused-ring (bicyclic) bond motifs is 1. The Morgan fingerprint density at radius 1 is 1.16 bits per heavy atom. The van der Waals surface area contributed by atoms with E-state index in [0.29, 0.717) is 25.3 Å². The van der Waals surface area contributed by atoms with Crippen LogP contribution < -0.4 is 4.90 Å². The lowest BCUT2D eigenvalue weighted by Crippen LogP contribution is -2.31. The van der Waals surface area contributed by atoms with Gasteiger partial charge in [-0.25, -0.2) is 18.7 Å². The minimum Gasteiger partial charge on any atom is -0.352 e. The molecule has 1 aliphatic heterocycles. The summed E-state index contributed by atoms with van der Waals surface area (Å²) in [7, 11) is 0. The van der Waals surface area contributed by atoms with Crippen LogP contribution in [0.15, 0.2) is 24.4 Å². The van der Waals surface area contributed by atoms with Crippen LogP contribution in [0.4, 0.5) is 14.6 Å². The summed E-state index contributed by atoms with van der Waals surface area (Å²) in [4.78, 5) is 9.91. The van der Waals surface area contributed by atoms with E-state index < -0.39 is 11.6 Å². The fraction of sp³-hybridized carbons (Fsp3) is 0.231.